The first kappa shape index (κ1) is 14.7. The van der Waals surface area contributed by atoms with E-state index in [9.17, 15) is 4.79 Å². The summed E-state index contributed by atoms with van der Waals surface area (Å²) in [6.45, 7) is 11.7. The lowest BCUT2D eigenvalue weighted by Crippen LogP contribution is -2.42. The number of carbonyl (C=O) groups is 1. The van der Waals surface area contributed by atoms with Gasteiger partial charge < -0.3 is 0 Å². The third-order valence-electron chi connectivity index (χ3n) is 4.96. The van der Waals surface area contributed by atoms with Crippen LogP contribution < -0.4 is 0 Å². The topological polar surface area (TPSA) is 20.3 Å². The van der Waals surface area contributed by atoms with Crippen LogP contribution >= 0.6 is 0 Å². The van der Waals surface area contributed by atoms with Gasteiger partial charge in [0.2, 0.25) is 0 Å². The van der Waals surface area contributed by atoms with Crippen LogP contribution in [0.5, 0.6) is 0 Å². The monoisotopic (exact) mass is 239 g/mol. The van der Waals surface area contributed by atoms with E-state index in [-0.39, 0.29) is 5.92 Å². The van der Waals surface area contributed by atoms with Gasteiger partial charge in [-0.25, -0.2) is 0 Å². The molecule has 0 aromatic rings. The summed E-state index contributed by atoms with van der Waals surface area (Å²) in [5.74, 6) is 0.659. The molecule has 0 bridgehead atoms. The van der Waals surface area contributed by atoms with E-state index in [1.165, 1.54) is 25.7 Å². The summed E-state index contributed by atoms with van der Waals surface area (Å²) in [5, 5.41) is 0. The maximum Gasteiger partial charge on any atom is 0.149 e. The van der Waals surface area contributed by atoms with Crippen LogP contribution in [0, 0.1) is 11.3 Å². The summed E-state index contributed by atoms with van der Waals surface area (Å²) in [6, 6.07) is 0. The summed E-state index contributed by atoms with van der Waals surface area (Å²) in [5.41, 5.74) is 0.565. The number of rotatable bonds is 6. The quantitative estimate of drug-likeness (QED) is 0.707. The Kier molecular flexibility index (Phi) is 5.64. The fraction of sp³-hybridized carbons (Fsp3) is 0.933. The van der Waals surface area contributed by atoms with Crippen molar-refractivity contribution in [2.45, 2.75) is 59.8 Å². The Labute approximate surface area is 107 Å². The van der Waals surface area contributed by atoms with Crippen LogP contribution in [0.25, 0.3) is 0 Å². The minimum absolute atomic E-state index is 0.235. The van der Waals surface area contributed by atoms with Crippen LogP contribution in [0.15, 0.2) is 0 Å². The van der Waals surface area contributed by atoms with Gasteiger partial charge in [-0.1, -0.05) is 40.5 Å². The van der Waals surface area contributed by atoms with Gasteiger partial charge in [-0.15, -0.1) is 0 Å². The SMILES string of the molecule is CCC(C)C(=O)CN1CCC(CC)(CC)CC1. The van der Waals surface area contributed by atoms with E-state index in [0.717, 1.165) is 19.5 Å². The lowest BCUT2D eigenvalue weighted by atomic mass is 9.74. The molecule has 0 saturated carbocycles. The predicted octanol–water partition coefficient (Wildman–Crippen LogP) is 3.50. The molecule has 0 aliphatic carbocycles. The van der Waals surface area contributed by atoms with Crippen molar-refractivity contribution < 1.29 is 4.79 Å². The van der Waals surface area contributed by atoms with Crippen molar-refractivity contribution in [3.05, 3.63) is 0 Å². The van der Waals surface area contributed by atoms with Crippen molar-refractivity contribution in [2.24, 2.45) is 11.3 Å². The highest BCUT2D eigenvalue weighted by atomic mass is 16.1. The zero-order valence-electron chi connectivity index (χ0n) is 12.1. The van der Waals surface area contributed by atoms with E-state index in [4.69, 9.17) is 0 Å². The van der Waals surface area contributed by atoms with Crippen molar-refractivity contribution in [2.75, 3.05) is 19.6 Å². The number of Topliss-reactive ketones (excluding diaryl/α,β-unsaturated/α-hetero) is 1. The van der Waals surface area contributed by atoms with Crippen LogP contribution in [0.4, 0.5) is 0 Å². The van der Waals surface area contributed by atoms with Crippen molar-refractivity contribution in [1.29, 1.82) is 0 Å². The molecule has 1 heterocycles. The molecule has 100 valence electrons. The molecular formula is C15H29NO. The molecule has 2 heteroatoms. The summed E-state index contributed by atoms with van der Waals surface area (Å²) < 4.78 is 0. The molecule has 1 unspecified atom stereocenters. The lowest BCUT2D eigenvalue weighted by Gasteiger charge is -2.41. The van der Waals surface area contributed by atoms with E-state index in [2.05, 4.69) is 32.6 Å². The fourth-order valence-corrected chi connectivity index (χ4v) is 2.75. The third-order valence-corrected chi connectivity index (χ3v) is 4.96. The van der Waals surface area contributed by atoms with Crippen LogP contribution in [0.3, 0.4) is 0 Å². The summed E-state index contributed by atoms with van der Waals surface area (Å²) in [6.07, 6.45) is 6.09. The normalized spacial score (nSPS) is 22.4. The Hall–Kier alpha value is -0.370. The minimum atomic E-state index is 0.235. The second-order valence-electron chi connectivity index (χ2n) is 5.76. The number of likely N-dealkylation sites (tertiary alicyclic amines) is 1. The molecule has 0 aromatic carbocycles. The van der Waals surface area contributed by atoms with Crippen LogP contribution in [0.2, 0.25) is 0 Å². The number of carbonyl (C=O) groups excluding carboxylic acids is 1. The smallest absolute Gasteiger partial charge is 0.149 e. The number of hydrogen-bond donors (Lipinski definition) is 0. The summed E-state index contributed by atoms with van der Waals surface area (Å²) in [7, 11) is 0. The minimum Gasteiger partial charge on any atom is -0.298 e. The highest BCUT2D eigenvalue weighted by Crippen LogP contribution is 2.37. The summed E-state index contributed by atoms with van der Waals surface area (Å²) in [4.78, 5) is 14.3. The molecule has 0 radical (unpaired) electrons. The molecule has 0 amide bonds. The molecular weight excluding hydrogens is 210 g/mol. The van der Waals surface area contributed by atoms with Crippen molar-refractivity contribution in [3.8, 4) is 0 Å². The molecule has 1 aliphatic rings. The van der Waals surface area contributed by atoms with Gasteiger partial charge in [-0.05, 0) is 37.8 Å². The molecule has 0 N–H and O–H groups in total. The number of piperidine rings is 1. The third kappa shape index (κ3) is 3.80. The molecule has 17 heavy (non-hydrogen) atoms. The Bertz CT molecular complexity index is 235. The van der Waals surface area contributed by atoms with Crippen molar-refractivity contribution in [1.82, 2.24) is 4.90 Å². The number of hydrogen-bond acceptors (Lipinski definition) is 2. The Morgan fingerprint density at radius 3 is 2.12 bits per heavy atom. The standard InChI is InChI=1S/C15H29NO/c1-5-13(4)14(17)12-16-10-8-15(6-2,7-3)9-11-16/h13H,5-12H2,1-4H3. The number of ketones is 1. The predicted molar refractivity (Wildman–Crippen MR) is 73.2 cm³/mol. The first-order valence-electron chi connectivity index (χ1n) is 7.32. The summed E-state index contributed by atoms with van der Waals surface area (Å²) >= 11 is 0. The molecule has 1 atom stereocenters. The van der Waals surface area contributed by atoms with Gasteiger partial charge >= 0.3 is 0 Å². The second kappa shape index (κ2) is 6.53. The van der Waals surface area contributed by atoms with Crippen LogP contribution in [0.1, 0.15) is 59.8 Å². The Morgan fingerprint density at radius 1 is 1.18 bits per heavy atom. The molecule has 1 rings (SSSR count). The van der Waals surface area contributed by atoms with Gasteiger partial charge in [-0.3, -0.25) is 9.69 Å². The molecule has 1 aliphatic heterocycles. The van der Waals surface area contributed by atoms with Crippen molar-refractivity contribution >= 4 is 5.78 Å². The fourth-order valence-electron chi connectivity index (χ4n) is 2.75. The van der Waals surface area contributed by atoms with E-state index >= 15 is 0 Å². The average molecular weight is 239 g/mol. The maximum absolute atomic E-state index is 11.9. The lowest BCUT2D eigenvalue weighted by molar-refractivity contribution is -0.124. The van der Waals surface area contributed by atoms with Gasteiger partial charge in [0.25, 0.3) is 0 Å². The molecule has 2 nitrogen and oxygen atoms in total. The van der Waals surface area contributed by atoms with Gasteiger partial charge in [-0.2, -0.15) is 0 Å². The zero-order chi connectivity index (χ0) is 12.9. The van der Waals surface area contributed by atoms with Crippen molar-refractivity contribution in [3.63, 3.8) is 0 Å². The molecule has 0 aromatic heterocycles. The maximum atomic E-state index is 11.9. The van der Waals surface area contributed by atoms with Gasteiger partial charge in [0.05, 0.1) is 6.54 Å². The average Bonchev–Trinajstić information content (AvgIpc) is 2.39. The highest BCUT2D eigenvalue weighted by Gasteiger charge is 2.31. The second-order valence-corrected chi connectivity index (χ2v) is 5.76. The van der Waals surface area contributed by atoms with E-state index in [0.29, 0.717) is 17.7 Å². The first-order valence-corrected chi connectivity index (χ1v) is 7.32. The van der Waals surface area contributed by atoms with E-state index in [1.807, 2.05) is 0 Å². The van der Waals surface area contributed by atoms with Crippen LogP contribution in [-0.2, 0) is 4.79 Å². The van der Waals surface area contributed by atoms with Gasteiger partial charge in [0, 0.05) is 5.92 Å². The van der Waals surface area contributed by atoms with E-state index < -0.39 is 0 Å². The van der Waals surface area contributed by atoms with E-state index in [1.54, 1.807) is 0 Å². The number of nitrogens with zero attached hydrogens (tertiary/aromatic N) is 1. The zero-order valence-corrected chi connectivity index (χ0v) is 12.1. The van der Waals surface area contributed by atoms with Gasteiger partial charge in [0.1, 0.15) is 5.78 Å². The molecule has 1 saturated heterocycles. The largest absolute Gasteiger partial charge is 0.298 e. The Morgan fingerprint density at radius 2 is 1.71 bits per heavy atom. The van der Waals surface area contributed by atoms with Crippen LogP contribution in [-0.4, -0.2) is 30.3 Å². The highest BCUT2D eigenvalue weighted by molar-refractivity contribution is 5.82. The Balaban J connectivity index is 2.39. The molecule has 0 spiro atoms. The van der Waals surface area contributed by atoms with Gasteiger partial charge in [0.15, 0.2) is 0 Å². The first-order chi connectivity index (χ1) is 8.06. The molecule has 1 fully saturated rings.